The molecule has 0 saturated carbocycles. The SMILES string of the molecule is Cc1c(F)c(F)c(F)c2c(OB(Oc3c(F)c(F)c(F)c4c(C)c(F)c(F)c(F)c34)Oc3c(F)c(F)c(F)c4c(C)c(F)c(F)c(F)c34)c(F)c(F)c(F)c12.c1cc[nH]c1. The number of aromatic nitrogens is 1. The van der Waals surface area contributed by atoms with Gasteiger partial charge < -0.3 is 18.9 Å². The summed E-state index contributed by atoms with van der Waals surface area (Å²) in [6.45, 7) is 1.41. The zero-order valence-electron chi connectivity index (χ0n) is 29.4. The highest BCUT2D eigenvalue weighted by Gasteiger charge is 2.42. The van der Waals surface area contributed by atoms with Crippen LogP contribution in [0, 0.1) is 125 Å². The molecule has 0 atom stereocenters. The van der Waals surface area contributed by atoms with Gasteiger partial charge >= 0.3 is 7.32 Å². The van der Waals surface area contributed by atoms with Crippen LogP contribution >= 0.6 is 0 Å². The first kappa shape index (κ1) is 43.2. The quantitative estimate of drug-likeness (QED) is 0.103. The molecule has 0 saturated heterocycles. The van der Waals surface area contributed by atoms with Gasteiger partial charge in [-0.3, -0.25) is 0 Å². The van der Waals surface area contributed by atoms with E-state index in [0.29, 0.717) is 20.8 Å². The Labute approximate surface area is 321 Å². The minimum absolute atomic E-state index is 0.470. The second kappa shape index (κ2) is 15.6. The van der Waals surface area contributed by atoms with Crippen LogP contribution in [-0.4, -0.2) is 12.3 Å². The van der Waals surface area contributed by atoms with Gasteiger partial charge in [-0.05, 0) is 49.6 Å². The van der Waals surface area contributed by atoms with E-state index in [9.17, 15) is 52.7 Å². The molecule has 314 valence electrons. The number of aromatic amines is 1. The summed E-state index contributed by atoms with van der Waals surface area (Å²) in [5.41, 5.74) is -3.98. The predicted molar refractivity (Wildman–Crippen MR) is 174 cm³/mol. The number of fused-ring (bicyclic) bond motifs is 3. The lowest BCUT2D eigenvalue weighted by molar-refractivity contribution is 0.282. The first-order valence-electron chi connectivity index (χ1n) is 16.0. The summed E-state index contributed by atoms with van der Waals surface area (Å²) >= 11 is 0. The van der Waals surface area contributed by atoms with Gasteiger partial charge in [-0.25, -0.2) is 65.9 Å². The first-order chi connectivity index (χ1) is 28.1. The summed E-state index contributed by atoms with van der Waals surface area (Å²) in [5.74, 6) is -52.9. The minimum atomic E-state index is -3.83. The van der Waals surface area contributed by atoms with E-state index in [1.54, 1.807) is 0 Å². The Morgan fingerprint density at radius 3 is 0.733 bits per heavy atom. The van der Waals surface area contributed by atoms with Crippen LogP contribution in [0.5, 0.6) is 17.2 Å². The van der Waals surface area contributed by atoms with Crippen LogP contribution in [0.1, 0.15) is 16.7 Å². The number of halogens is 18. The van der Waals surface area contributed by atoms with Crippen LogP contribution in [-0.2, 0) is 0 Å². The van der Waals surface area contributed by atoms with Gasteiger partial charge in [-0.1, -0.05) is 0 Å². The van der Waals surface area contributed by atoms with Crippen molar-refractivity contribution in [2.45, 2.75) is 20.8 Å². The number of hydrogen-bond acceptors (Lipinski definition) is 3. The van der Waals surface area contributed by atoms with E-state index in [1.165, 1.54) is 0 Å². The fraction of sp³-hybridized carbons (Fsp3) is 0.0811. The van der Waals surface area contributed by atoms with E-state index in [4.69, 9.17) is 14.0 Å². The summed E-state index contributed by atoms with van der Waals surface area (Å²) in [6, 6.07) is 3.89. The smallest absolute Gasteiger partial charge is 0.486 e. The van der Waals surface area contributed by atoms with Crippen molar-refractivity contribution in [2.75, 3.05) is 0 Å². The fourth-order valence-electron chi connectivity index (χ4n) is 6.01. The molecule has 6 aromatic carbocycles. The average Bonchev–Trinajstić information content (AvgIpc) is 3.82. The van der Waals surface area contributed by atoms with Gasteiger partial charge in [0.25, 0.3) is 0 Å². The van der Waals surface area contributed by atoms with Crippen molar-refractivity contribution in [2.24, 2.45) is 0 Å². The topological polar surface area (TPSA) is 43.5 Å². The van der Waals surface area contributed by atoms with Crippen LogP contribution in [0.15, 0.2) is 24.5 Å². The Kier molecular flexibility index (Phi) is 11.3. The van der Waals surface area contributed by atoms with Crippen LogP contribution in [0.25, 0.3) is 32.3 Å². The maximum Gasteiger partial charge on any atom is 0.864 e. The predicted octanol–water partition coefficient (Wildman–Crippen LogP) is 12.1. The van der Waals surface area contributed by atoms with Crippen molar-refractivity contribution in [1.82, 2.24) is 4.98 Å². The lowest BCUT2D eigenvalue weighted by atomic mass is 9.99. The molecule has 60 heavy (non-hydrogen) atoms. The lowest BCUT2D eigenvalue weighted by Gasteiger charge is -2.22. The van der Waals surface area contributed by atoms with Crippen LogP contribution in [0.3, 0.4) is 0 Å². The molecule has 7 aromatic rings. The van der Waals surface area contributed by atoms with Crippen molar-refractivity contribution in [3.05, 3.63) is 146 Å². The molecule has 0 radical (unpaired) electrons. The molecule has 7 rings (SSSR count). The van der Waals surface area contributed by atoms with Crippen LogP contribution in [0.2, 0.25) is 0 Å². The zero-order chi connectivity index (χ0) is 44.6. The molecule has 0 aliphatic rings. The van der Waals surface area contributed by atoms with E-state index in [0.717, 1.165) is 0 Å². The second-order valence-corrected chi connectivity index (χ2v) is 12.3. The largest absolute Gasteiger partial charge is 0.864 e. The van der Waals surface area contributed by atoms with E-state index in [-0.39, 0.29) is 0 Å². The third-order valence-electron chi connectivity index (χ3n) is 8.91. The van der Waals surface area contributed by atoms with Gasteiger partial charge in [0.15, 0.2) is 105 Å². The number of nitrogens with one attached hydrogen (secondary N) is 1. The summed E-state index contributed by atoms with van der Waals surface area (Å²) in [7, 11) is -3.83. The Bertz CT molecular complexity index is 2610. The molecule has 1 N–H and O–H groups in total. The van der Waals surface area contributed by atoms with Gasteiger partial charge in [-0.2, -0.15) is 13.2 Å². The Hall–Kier alpha value is -6.42. The molecule has 1 heterocycles. The van der Waals surface area contributed by atoms with Crippen LogP contribution in [0.4, 0.5) is 79.0 Å². The van der Waals surface area contributed by atoms with E-state index >= 15 is 26.3 Å². The monoisotopic (exact) mass is 873 g/mol. The van der Waals surface area contributed by atoms with E-state index in [1.807, 2.05) is 24.5 Å². The van der Waals surface area contributed by atoms with Crippen molar-refractivity contribution in [3.8, 4) is 17.2 Å². The molecule has 1 aromatic heterocycles. The van der Waals surface area contributed by atoms with Gasteiger partial charge in [0.2, 0.25) is 17.5 Å². The van der Waals surface area contributed by atoms with E-state index < -0.39 is 178 Å². The minimum Gasteiger partial charge on any atom is -0.486 e. The third-order valence-corrected chi connectivity index (χ3v) is 8.91. The molecule has 0 unspecified atom stereocenters. The number of benzene rings is 6. The molecule has 0 bridgehead atoms. The highest BCUT2D eigenvalue weighted by atomic mass is 19.2. The fourth-order valence-corrected chi connectivity index (χ4v) is 6.01. The Morgan fingerprint density at radius 1 is 0.300 bits per heavy atom. The van der Waals surface area contributed by atoms with Crippen molar-refractivity contribution >= 4 is 39.6 Å². The second-order valence-electron chi connectivity index (χ2n) is 12.3. The van der Waals surface area contributed by atoms with Gasteiger partial charge in [-0.15, -0.1) is 0 Å². The highest BCUT2D eigenvalue weighted by Crippen LogP contribution is 2.44. The maximum absolute atomic E-state index is 15.4. The van der Waals surface area contributed by atoms with E-state index in [2.05, 4.69) is 4.98 Å². The standard InChI is InChI=1S/C33H9BF18O3.C4H5N/c1-4-7-10(19(41)22(44)13(4)35)31(28(50)25(47)16(7)38)53-34(54-32-11-8(17(39)26(48)29(32)51)5(2)14(36)23(45)20(11)42)55-33-12-9(18(40)27(49)30(33)52)6(3)15(37)24(46)21(12)43;1-2-4-5-3-1/h1-3H3;1-5H. The molecule has 0 aliphatic carbocycles. The van der Waals surface area contributed by atoms with Gasteiger partial charge in [0.1, 0.15) is 0 Å². The Balaban J connectivity index is 0.00000112. The van der Waals surface area contributed by atoms with Crippen molar-refractivity contribution < 1.29 is 93.0 Å². The lowest BCUT2D eigenvalue weighted by Crippen LogP contribution is -2.38. The van der Waals surface area contributed by atoms with Gasteiger partial charge in [0, 0.05) is 28.6 Å². The molecular weight excluding hydrogens is 859 g/mol. The zero-order valence-corrected chi connectivity index (χ0v) is 29.4. The molecular formula is C37H14BF18NO3. The Morgan fingerprint density at radius 2 is 0.517 bits per heavy atom. The summed E-state index contributed by atoms with van der Waals surface area (Å²) in [5, 5.41) is -10.9. The van der Waals surface area contributed by atoms with Crippen molar-refractivity contribution in [3.63, 3.8) is 0 Å². The molecule has 23 heteroatoms. The first-order valence-corrected chi connectivity index (χ1v) is 16.0. The third kappa shape index (κ3) is 6.49. The molecule has 0 fully saturated rings. The van der Waals surface area contributed by atoms with Gasteiger partial charge in [0.05, 0.1) is 16.2 Å². The molecule has 0 spiro atoms. The average molecular weight is 873 g/mol. The number of rotatable bonds is 6. The summed E-state index contributed by atoms with van der Waals surface area (Å²) < 4.78 is 282. The van der Waals surface area contributed by atoms with Crippen LogP contribution < -0.4 is 14.0 Å². The number of H-pyrrole nitrogens is 1. The summed E-state index contributed by atoms with van der Waals surface area (Å²) in [4.78, 5) is 2.86. The normalized spacial score (nSPS) is 11.4. The van der Waals surface area contributed by atoms with Crippen molar-refractivity contribution in [1.29, 1.82) is 0 Å². The number of hydrogen-bond donors (Lipinski definition) is 1. The number of aryl methyl sites for hydroxylation is 3. The molecule has 0 amide bonds. The summed E-state index contributed by atoms with van der Waals surface area (Å²) in [6.07, 6.45) is 3.75. The molecule has 0 aliphatic heterocycles. The highest BCUT2D eigenvalue weighted by molar-refractivity contribution is 6.40. The molecule has 4 nitrogen and oxygen atoms in total. The maximum atomic E-state index is 15.4.